The summed E-state index contributed by atoms with van der Waals surface area (Å²) in [6.45, 7) is 18.2. The topological polar surface area (TPSA) is 0 Å². The molecule has 3 rings (SSSR count). The van der Waals surface area contributed by atoms with Crippen molar-refractivity contribution in [3.63, 3.8) is 0 Å². The van der Waals surface area contributed by atoms with Gasteiger partial charge in [0.25, 0.3) is 0 Å². The van der Waals surface area contributed by atoms with Crippen molar-refractivity contribution in [1.82, 2.24) is 0 Å². The minimum Gasteiger partial charge on any atom is -0.132 e. The molecule has 3 aliphatic rings. The van der Waals surface area contributed by atoms with Crippen LogP contribution in [0.2, 0.25) is 39.3 Å². The minimum absolute atomic E-state index is 0.319. The van der Waals surface area contributed by atoms with E-state index in [0.29, 0.717) is 10.8 Å². The highest BCUT2D eigenvalue weighted by atomic mass is 28.3. The maximum atomic E-state index is 5.12. The fraction of sp³-hybridized carbons (Fsp3) is 0.739. The lowest BCUT2D eigenvalue weighted by Crippen LogP contribution is -2.16. The van der Waals surface area contributed by atoms with Crippen molar-refractivity contribution in [2.24, 2.45) is 16.7 Å². The highest BCUT2D eigenvalue weighted by Gasteiger charge is 2.35. The normalized spacial score (nSPS) is 21.2. The first-order valence-electron chi connectivity index (χ1n) is 9.81. The molecule has 0 nitrogen and oxygen atoms in total. The van der Waals surface area contributed by atoms with Gasteiger partial charge in [0, 0.05) is 16.7 Å². The van der Waals surface area contributed by atoms with Gasteiger partial charge >= 0.3 is 0 Å². The summed E-state index contributed by atoms with van der Waals surface area (Å²) in [5.74, 6) is 10.2. The second-order valence-electron chi connectivity index (χ2n) is 10.6. The Morgan fingerprint density at radius 1 is 0.760 bits per heavy atom. The zero-order valence-corrected chi connectivity index (χ0v) is 19.9. The van der Waals surface area contributed by atoms with Gasteiger partial charge in [-0.25, -0.2) is 0 Å². The first-order chi connectivity index (χ1) is 11.3. The van der Waals surface area contributed by atoms with Crippen molar-refractivity contribution >= 4 is 16.1 Å². The van der Waals surface area contributed by atoms with Gasteiger partial charge in [-0.1, -0.05) is 39.3 Å². The standard InChI is InChI=1S/C9H16Si.C8H14Si.C6H8/c1-9(5-6-9)7-8-10(2,3)4;1-9(2,3)7-6-8-4-5-8;1-3-6(2)4-5-6/h5-6H2,1-4H3;8H,4-5H2,1-3H3;1H,4-5H2,2H3. The van der Waals surface area contributed by atoms with E-state index >= 15 is 0 Å². The van der Waals surface area contributed by atoms with Crippen LogP contribution in [0.3, 0.4) is 0 Å². The molecule has 0 spiro atoms. The van der Waals surface area contributed by atoms with E-state index in [9.17, 15) is 0 Å². The van der Waals surface area contributed by atoms with Gasteiger partial charge in [-0.15, -0.1) is 35.3 Å². The molecule has 138 valence electrons. The molecule has 25 heavy (non-hydrogen) atoms. The summed E-state index contributed by atoms with van der Waals surface area (Å²) in [6, 6.07) is 0. The molecule has 0 saturated heterocycles. The molecular formula is C23H38Si2. The molecule has 0 atom stereocenters. The molecule has 0 heterocycles. The Hall–Kier alpha value is -0.886. The SMILES string of the molecule is C#CC1(C)CC1.CC1(C#C[Si](C)(C)C)CC1.C[Si](C)(C)C#CC1CC1. The van der Waals surface area contributed by atoms with Crippen LogP contribution in [0.1, 0.15) is 52.4 Å². The molecule has 0 bridgehead atoms. The van der Waals surface area contributed by atoms with Crippen LogP contribution >= 0.6 is 0 Å². The number of terminal acetylenes is 1. The average molecular weight is 371 g/mol. The van der Waals surface area contributed by atoms with Gasteiger partial charge in [0.15, 0.2) is 0 Å². The Labute approximate surface area is 160 Å². The van der Waals surface area contributed by atoms with E-state index in [4.69, 9.17) is 6.42 Å². The quantitative estimate of drug-likeness (QED) is 0.343. The van der Waals surface area contributed by atoms with Crippen molar-refractivity contribution in [1.29, 1.82) is 0 Å². The molecule has 0 aromatic heterocycles. The summed E-state index contributed by atoms with van der Waals surface area (Å²) < 4.78 is 0. The van der Waals surface area contributed by atoms with Crippen molar-refractivity contribution in [2.75, 3.05) is 0 Å². The molecule has 0 aromatic rings. The van der Waals surface area contributed by atoms with E-state index in [1.807, 2.05) is 0 Å². The van der Waals surface area contributed by atoms with Gasteiger partial charge in [-0.3, -0.25) is 0 Å². The van der Waals surface area contributed by atoms with E-state index in [1.54, 1.807) is 0 Å². The maximum Gasteiger partial charge on any atom is 0.129 e. The summed E-state index contributed by atoms with van der Waals surface area (Å²) in [4.78, 5) is 0. The Kier molecular flexibility index (Phi) is 7.27. The second-order valence-corrected chi connectivity index (χ2v) is 20.1. The average Bonchev–Trinajstić information content (AvgIpc) is 3.32. The number of rotatable bonds is 0. The molecule has 2 heteroatoms. The van der Waals surface area contributed by atoms with Crippen LogP contribution in [0.15, 0.2) is 0 Å². The lowest BCUT2D eigenvalue weighted by Gasteiger charge is -2.04. The molecule has 0 N–H and O–H groups in total. The summed E-state index contributed by atoms with van der Waals surface area (Å²) >= 11 is 0. The molecule has 3 fully saturated rings. The van der Waals surface area contributed by atoms with Crippen molar-refractivity contribution in [3.05, 3.63) is 0 Å². The fourth-order valence-electron chi connectivity index (χ4n) is 1.53. The highest BCUT2D eigenvalue weighted by molar-refractivity contribution is 6.84. The monoisotopic (exact) mass is 370 g/mol. The van der Waals surface area contributed by atoms with Crippen molar-refractivity contribution in [2.45, 2.75) is 91.7 Å². The van der Waals surface area contributed by atoms with E-state index in [0.717, 1.165) is 5.92 Å². The third-order valence-corrected chi connectivity index (χ3v) is 6.09. The lowest BCUT2D eigenvalue weighted by atomic mass is 10.2. The second kappa shape index (κ2) is 8.21. The third-order valence-electron chi connectivity index (χ3n) is 4.32. The van der Waals surface area contributed by atoms with Crippen LogP contribution in [-0.4, -0.2) is 16.1 Å². The predicted molar refractivity (Wildman–Crippen MR) is 118 cm³/mol. The first-order valence-corrected chi connectivity index (χ1v) is 16.8. The fourth-order valence-corrected chi connectivity index (χ4v) is 2.84. The Morgan fingerprint density at radius 2 is 1.20 bits per heavy atom. The first kappa shape index (κ1) is 22.2. The van der Waals surface area contributed by atoms with E-state index < -0.39 is 16.1 Å². The third kappa shape index (κ3) is 13.0. The summed E-state index contributed by atoms with van der Waals surface area (Å²) in [5, 5.41) is 0. The lowest BCUT2D eigenvalue weighted by molar-refractivity contribution is 0.783. The van der Waals surface area contributed by atoms with Crippen LogP contribution in [0.4, 0.5) is 0 Å². The van der Waals surface area contributed by atoms with Gasteiger partial charge in [0.2, 0.25) is 0 Å². The Bertz CT molecular complexity index is 593. The number of hydrogen-bond acceptors (Lipinski definition) is 0. The zero-order chi connectivity index (χ0) is 19.4. The van der Waals surface area contributed by atoms with Crippen molar-refractivity contribution < 1.29 is 0 Å². The highest BCUT2D eigenvalue weighted by Crippen LogP contribution is 2.44. The summed E-state index contributed by atoms with van der Waals surface area (Å²) in [6.07, 6.45) is 13.0. The van der Waals surface area contributed by atoms with E-state index in [2.05, 4.69) is 82.0 Å². The summed E-state index contributed by atoms with van der Waals surface area (Å²) in [7, 11) is -2.13. The number of hydrogen-bond donors (Lipinski definition) is 0. The molecule has 3 aliphatic carbocycles. The van der Waals surface area contributed by atoms with E-state index in [1.165, 1.54) is 38.5 Å². The van der Waals surface area contributed by atoms with Gasteiger partial charge < -0.3 is 0 Å². The largest absolute Gasteiger partial charge is 0.132 e. The van der Waals surface area contributed by atoms with E-state index in [-0.39, 0.29) is 0 Å². The molecule has 0 radical (unpaired) electrons. The van der Waals surface area contributed by atoms with Crippen LogP contribution < -0.4 is 0 Å². The smallest absolute Gasteiger partial charge is 0.129 e. The Balaban J connectivity index is 0.000000193. The van der Waals surface area contributed by atoms with Gasteiger partial charge in [-0.05, 0) is 52.4 Å². The predicted octanol–water partition coefficient (Wildman–Crippen LogP) is 6.36. The van der Waals surface area contributed by atoms with Crippen LogP contribution in [0, 0.1) is 52.0 Å². The molecule has 3 saturated carbocycles. The molecule has 0 amide bonds. The van der Waals surface area contributed by atoms with Crippen LogP contribution in [0.25, 0.3) is 0 Å². The van der Waals surface area contributed by atoms with Gasteiger partial charge in [-0.2, -0.15) is 0 Å². The van der Waals surface area contributed by atoms with Crippen LogP contribution in [-0.2, 0) is 0 Å². The van der Waals surface area contributed by atoms with Crippen LogP contribution in [0.5, 0.6) is 0 Å². The van der Waals surface area contributed by atoms with Gasteiger partial charge in [0.05, 0.1) is 0 Å². The zero-order valence-electron chi connectivity index (χ0n) is 17.9. The molecule has 0 aliphatic heterocycles. The summed E-state index contributed by atoms with van der Waals surface area (Å²) in [5.41, 5.74) is 7.54. The molecule has 0 aromatic carbocycles. The van der Waals surface area contributed by atoms with Crippen molar-refractivity contribution in [3.8, 4) is 35.3 Å². The maximum absolute atomic E-state index is 5.12. The molecule has 0 unspecified atom stereocenters. The van der Waals surface area contributed by atoms with Gasteiger partial charge in [0.1, 0.15) is 16.1 Å². The minimum atomic E-state index is -1.09. The Morgan fingerprint density at radius 3 is 1.44 bits per heavy atom. The molecular weight excluding hydrogens is 332 g/mol.